The highest BCUT2D eigenvalue weighted by Crippen LogP contribution is 2.30. The van der Waals surface area contributed by atoms with E-state index >= 15 is 4.39 Å². The zero-order valence-electron chi connectivity index (χ0n) is 18.7. The summed E-state index contributed by atoms with van der Waals surface area (Å²) in [6, 6.07) is 13.3. The fourth-order valence-electron chi connectivity index (χ4n) is 4.16. The molecule has 0 radical (unpaired) electrons. The molecule has 0 unspecified atom stereocenters. The largest absolute Gasteiger partial charge is 0.474 e. The fourth-order valence-corrected chi connectivity index (χ4v) is 4.16. The molecule has 0 N–H and O–H groups in total. The summed E-state index contributed by atoms with van der Waals surface area (Å²) in [7, 11) is 0. The molecule has 0 bridgehead atoms. The Morgan fingerprint density at radius 2 is 1.97 bits per heavy atom. The Kier molecular flexibility index (Phi) is 6.26. The Hall–Kier alpha value is -4.46. The van der Waals surface area contributed by atoms with Gasteiger partial charge in [0.1, 0.15) is 37.0 Å². The summed E-state index contributed by atoms with van der Waals surface area (Å²) in [5.74, 6) is 0.714. The quantitative estimate of drug-likeness (QED) is 0.532. The van der Waals surface area contributed by atoms with E-state index in [1.54, 1.807) is 36.5 Å². The molecule has 5 rings (SSSR count). The molecule has 10 nitrogen and oxygen atoms in total. The van der Waals surface area contributed by atoms with Gasteiger partial charge in [0.15, 0.2) is 0 Å². The molecule has 1 amide bonds. The van der Waals surface area contributed by atoms with Crippen molar-refractivity contribution in [3.05, 3.63) is 66.2 Å². The molecule has 3 aromatic rings. The fraction of sp³-hybridized carbons (Fsp3) is 0.292. The van der Waals surface area contributed by atoms with Gasteiger partial charge in [0.2, 0.25) is 5.88 Å². The molecule has 0 spiro atoms. The number of ether oxygens (including phenoxy) is 2. The Morgan fingerprint density at radius 3 is 2.66 bits per heavy atom. The van der Waals surface area contributed by atoms with Crippen LogP contribution >= 0.6 is 0 Å². The van der Waals surface area contributed by atoms with E-state index in [9.17, 15) is 4.79 Å². The summed E-state index contributed by atoms with van der Waals surface area (Å²) in [5.41, 5.74) is 1.39. The number of cyclic esters (lactones) is 1. The first-order valence-electron chi connectivity index (χ1n) is 11.1. The maximum absolute atomic E-state index is 15.2. The van der Waals surface area contributed by atoms with Crippen molar-refractivity contribution < 1.29 is 18.7 Å². The molecule has 35 heavy (non-hydrogen) atoms. The van der Waals surface area contributed by atoms with Crippen molar-refractivity contribution in [2.45, 2.75) is 6.04 Å². The number of benzene rings is 1. The van der Waals surface area contributed by atoms with Crippen molar-refractivity contribution in [2.75, 3.05) is 54.1 Å². The second kappa shape index (κ2) is 9.80. The number of amides is 1. The van der Waals surface area contributed by atoms with E-state index in [1.807, 2.05) is 11.0 Å². The van der Waals surface area contributed by atoms with Gasteiger partial charge in [-0.3, -0.25) is 4.90 Å². The molecule has 1 atom stereocenters. The van der Waals surface area contributed by atoms with E-state index in [0.717, 1.165) is 5.82 Å². The van der Waals surface area contributed by atoms with Gasteiger partial charge in [0, 0.05) is 44.6 Å². The molecule has 2 saturated heterocycles. The van der Waals surface area contributed by atoms with E-state index in [2.05, 4.69) is 26.2 Å². The van der Waals surface area contributed by atoms with Crippen LogP contribution in [-0.2, 0) is 4.74 Å². The molecule has 178 valence electrons. The van der Waals surface area contributed by atoms with E-state index < -0.39 is 18.0 Å². The lowest BCUT2D eigenvalue weighted by Gasteiger charge is -2.37. The number of piperazine rings is 1. The van der Waals surface area contributed by atoms with Crippen LogP contribution < -0.4 is 19.4 Å². The molecular formula is C24H22FN7O3. The lowest BCUT2D eigenvalue weighted by Crippen LogP contribution is -2.47. The molecule has 1 aromatic carbocycles. The van der Waals surface area contributed by atoms with Crippen molar-refractivity contribution in [2.24, 2.45) is 0 Å². The van der Waals surface area contributed by atoms with Crippen LogP contribution in [0.15, 0.2) is 54.9 Å². The number of carbonyl (C=O) groups is 1. The Morgan fingerprint density at radius 1 is 1.14 bits per heavy atom. The normalized spacial score (nSPS) is 17.8. The maximum atomic E-state index is 15.2. The smallest absolute Gasteiger partial charge is 0.414 e. The minimum absolute atomic E-state index is 0.133. The average Bonchev–Trinajstić information content (AvgIpc) is 3.28. The number of hydrogen-bond acceptors (Lipinski definition) is 9. The second-order valence-corrected chi connectivity index (χ2v) is 8.10. The SMILES string of the molecule is N#Cc1ccc(N2CCN(c3ccc(N4C(=O)OC[C@H]4COc4cccnn4)cc3F)CC2)nc1. The number of rotatable bonds is 6. The predicted molar refractivity (Wildman–Crippen MR) is 125 cm³/mol. The third-order valence-electron chi connectivity index (χ3n) is 5.96. The summed E-state index contributed by atoms with van der Waals surface area (Å²) in [5, 5.41) is 16.6. The molecule has 2 fully saturated rings. The van der Waals surface area contributed by atoms with Gasteiger partial charge >= 0.3 is 6.09 Å². The third kappa shape index (κ3) is 4.77. The molecule has 4 heterocycles. The summed E-state index contributed by atoms with van der Waals surface area (Å²) in [4.78, 5) is 22.2. The van der Waals surface area contributed by atoms with Gasteiger partial charge < -0.3 is 19.3 Å². The Labute approximate surface area is 201 Å². The van der Waals surface area contributed by atoms with Crippen LogP contribution in [0.4, 0.5) is 26.4 Å². The highest BCUT2D eigenvalue weighted by Gasteiger charge is 2.35. The van der Waals surface area contributed by atoms with Crippen molar-refractivity contribution in [3.63, 3.8) is 0 Å². The van der Waals surface area contributed by atoms with Crippen LogP contribution in [-0.4, -0.2) is 66.7 Å². The van der Waals surface area contributed by atoms with Crippen molar-refractivity contribution in [1.82, 2.24) is 15.2 Å². The highest BCUT2D eigenvalue weighted by atomic mass is 19.1. The van der Waals surface area contributed by atoms with Gasteiger partial charge in [-0.15, -0.1) is 5.10 Å². The van der Waals surface area contributed by atoms with Gasteiger partial charge in [-0.05, 0) is 36.4 Å². The van der Waals surface area contributed by atoms with E-state index in [1.165, 1.54) is 17.2 Å². The first-order chi connectivity index (χ1) is 17.1. The predicted octanol–water partition coefficient (Wildman–Crippen LogP) is 2.61. The van der Waals surface area contributed by atoms with Gasteiger partial charge in [0.05, 0.1) is 16.9 Å². The number of halogens is 1. The van der Waals surface area contributed by atoms with Crippen LogP contribution in [0.25, 0.3) is 0 Å². The standard InChI is InChI=1S/C24H22FN7O3/c25-20-12-18(32-19(16-35-24(32)33)15-34-23-2-1-7-28-29-23)4-5-21(20)30-8-10-31(11-9-30)22-6-3-17(13-26)14-27-22/h1-7,12,14,19H,8-11,15-16H2/t19-/m1/s1. The van der Waals surface area contributed by atoms with Crippen molar-refractivity contribution in [3.8, 4) is 11.9 Å². The highest BCUT2D eigenvalue weighted by molar-refractivity contribution is 5.90. The maximum Gasteiger partial charge on any atom is 0.414 e. The molecule has 2 aromatic heterocycles. The third-order valence-corrected chi connectivity index (χ3v) is 5.96. The number of aromatic nitrogens is 3. The van der Waals surface area contributed by atoms with Crippen LogP contribution in [0, 0.1) is 17.1 Å². The molecule has 11 heteroatoms. The molecular weight excluding hydrogens is 453 g/mol. The van der Waals surface area contributed by atoms with E-state index in [-0.39, 0.29) is 13.2 Å². The van der Waals surface area contributed by atoms with Crippen LogP contribution in [0.5, 0.6) is 5.88 Å². The van der Waals surface area contributed by atoms with Crippen LogP contribution in [0.2, 0.25) is 0 Å². The molecule has 2 aliphatic rings. The average molecular weight is 475 g/mol. The van der Waals surface area contributed by atoms with Gasteiger partial charge in [-0.25, -0.2) is 14.2 Å². The van der Waals surface area contributed by atoms with E-state index in [4.69, 9.17) is 14.7 Å². The lowest BCUT2D eigenvalue weighted by atomic mass is 10.2. The van der Waals surface area contributed by atoms with Gasteiger partial charge in [-0.2, -0.15) is 10.4 Å². The topological polar surface area (TPSA) is 108 Å². The minimum atomic E-state index is -0.548. The molecule has 0 saturated carbocycles. The molecule has 0 aliphatic carbocycles. The zero-order chi connectivity index (χ0) is 24.2. The number of anilines is 3. The van der Waals surface area contributed by atoms with Crippen molar-refractivity contribution >= 4 is 23.3 Å². The van der Waals surface area contributed by atoms with Crippen molar-refractivity contribution in [1.29, 1.82) is 5.26 Å². The first-order valence-corrected chi connectivity index (χ1v) is 11.1. The van der Waals surface area contributed by atoms with E-state index in [0.29, 0.717) is 49.0 Å². The van der Waals surface area contributed by atoms with Gasteiger partial charge in [-0.1, -0.05) is 0 Å². The second-order valence-electron chi connectivity index (χ2n) is 8.10. The molecule has 2 aliphatic heterocycles. The number of pyridine rings is 1. The minimum Gasteiger partial charge on any atom is -0.474 e. The summed E-state index contributed by atoms with van der Waals surface area (Å²) < 4.78 is 26.0. The number of hydrogen-bond donors (Lipinski definition) is 0. The van der Waals surface area contributed by atoms with Gasteiger partial charge in [0.25, 0.3) is 0 Å². The number of nitrogens with zero attached hydrogens (tertiary/aromatic N) is 7. The van der Waals surface area contributed by atoms with Crippen LogP contribution in [0.1, 0.15) is 5.56 Å². The monoisotopic (exact) mass is 475 g/mol. The number of carbonyl (C=O) groups excluding carboxylic acids is 1. The first kappa shape index (κ1) is 22.3. The Balaban J connectivity index is 1.24. The summed E-state index contributed by atoms with van der Waals surface area (Å²) in [6.07, 6.45) is 2.54. The zero-order valence-corrected chi connectivity index (χ0v) is 18.7. The summed E-state index contributed by atoms with van der Waals surface area (Å²) >= 11 is 0. The number of nitriles is 1. The Bertz CT molecular complexity index is 1230. The van der Waals surface area contributed by atoms with Crippen LogP contribution in [0.3, 0.4) is 0 Å². The summed E-state index contributed by atoms with van der Waals surface area (Å²) in [6.45, 7) is 2.82. The lowest BCUT2D eigenvalue weighted by molar-refractivity contribution is 0.174.